The smallest absolute Gasteiger partial charge is 0.265 e. The van der Waals surface area contributed by atoms with Gasteiger partial charge in [-0.3, -0.25) is 9.36 Å². The Morgan fingerprint density at radius 1 is 1.00 bits per heavy atom. The second-order valence-corrected chi connectivity index (χ2v) is 9.78. The minimum atomic E-state index is -3.75. The summed E-state index contributed by atoms with van der Waals surface area (Å²) in [5.74, 6) is 0.481. The van der Waals surface area contributed by atoms with E-state index in [4.69, 9.17) is 11.6 Å². The van der Waals surface area contributed by atoms with Crippen molar-refractivity contribution in [1.29, 1.82) is 0 Å². The number of sulfonamides is 1. The number of hydrogen-bond donors (Lipinski definition) is 1. The third-order valence-electron chi connectivity index (χ3n) is 5.19. The summed E-state index contributed by atoms with van der Waals surface area (Å²) in [4.78, 5) is 18.2. The lowest BCUT2D eigenvalue weighted by Crippen LogP contribution is -2.30. The Morgan fingerprint density at radius 2 is 1.78 bits per heavy atom. The maximum absolute atomic E-state index is 13.4. The predicted octanol–water partition coefficient (Wildman–Crippen LogP) is 4.18. The zero-order valence-corrected chi connectivity index (χ0v) is 19.2. The third-order valence-corrected chi connectivity index (χ3v) is 6.88. The summed E-state index contributed by atoms with van der Waals surface area (Å²) in [7, 11) is -3.75. The highest BCUT2D eigenvalue weighted by Crippen LogP contribution is 2.19. The van der Waals surface area contributed by atoms with Gasteiger partial charge in [-0.15, -0.1) is 0 Å². The molecule has 0 fully saturated rings. The number of aromatic nitrogens is 2. The molecule has 0 atom stereocenters. The van der Waals surface area contributed by atoms with Crippen LogP contribution in [-0.2, 0) is 16.4 Å². The Morgan fingerprint density at radius 3 is 2.53 bits per heavy atom. The number of nitrogens with zero attached hydrogens (tertiary/aromatic N) is 2. The van der Waals surface area contributed by atoms with Gasteiger partial charge in [0.25, 0.3) is 5.56 Å². The number of benzene rings is 3. The molecule has 0 saturated heterocycles. The fourth-order valence-electron chi connectivity index (χ4n) is 3.67. The average Bonchev–Trinajstić information content (AvgIpc) is 2.75. The number of nitrogens with one attached hydrogen (secondary N) is 1. The first-order valence-electron chi connectivity index (χ1n) is 10.1. The molecule has 0 radical (unpaired) electrons. The Bertz CT molecular complexity index is 1480. The van der Waals surface area contributed by atoms with Crippen LogP contribution in [0.1, 0.15) is 17.0 Å². The lowest BCUT2D eigenvalue weighted by Gasteiger charge is -2.16. The molecule has 4 rings (SSSR count). The zero-order valence-electron chi connectivity index (χ0n) is 17.7. The van der Waals surface area contributed by atoms with Gasteiger partial charge in [-0.25, -0.2) is 18.1 Å². The molecular weight excluding hydrogens is 446 g/mol. The van der Waals surface area contributed by atoms with Gasteiger partial charge in [0, 0.05) is 18.0 Å². The molecule has 1 heterocycles. The van der Waals surface area contributed by atoms with Crippen LogP contribution in [0, 0.1) is 13.8 Å². The van der Waals surface area contributed by atoms with Gasteiger partial charge in [0.2, 0.25) is 10.0 Å². The molecule has 0 aliphatic rings. The van der Waals surface area contributed by atoms with Crippen molar-refractivity contribution < 1.29 is 8.42 Å². The molecule has 4 aromatic rings. The molecule has 0 aliphatic heterocycles. The highest BCUT2D eigenvalue weighted by atomic mass is 35.5. The molecule has 0 spiro atoms. The standard InChI is InChI=1S/C24H22ClN3O3S/c1-16-10-11-22(17(2)14-16)28-23(27-21-9-4-3-8-20(21)24(28)29)12-13-26-32(30,31)19-7-5-6-18(25)15-19/h3-11,14-15,26H,12-13H2,1-2H3. The Hall–Kier alpha value is -3.00. The monoisotopic (exact) mass is 467 g/mol. The third kappa shape index (κ3) is 4.46. The SMILES string of the molecule is Cc1ccc(-n2c(CCNS(=O)(=O)c3cccc(Cl)c3)nc3ccccc3c2=O)c(C)c1. The number of rotatable bonds is 6. The maximum atomic E-state index is 13.4. The molecule has 0 bridgehead atoms. The van der Waals surface area contributed by atoms with Crippen molar-refractivity contribution in [2.45, 2.75) is 25.2 Å². The number of hydrogen-bond acceptors (Lipinski definition) is 4. The van der Waals surface area contributed by atoms with Crippen molar-refractivity contribution in [3.63, 3.8) is 0 Å². The van der Waals surface area contributed by atoms with Crippen LogP contribution in [0.2, 0.25) is 5.02 Å². The summed E-state index contributed by atoms with van der Waals surface area (Å²) in [6.45, 7) is 4.00. The van der Waals surface area contributed by atoms with E-state index in [1.165, 1.54) is 12.1 Å². The fraction of sp³-hybridized carbons (Fsp3) is 0.167. The summed E-state index contributed by atoms with van der Waals surface area (Å²) < 4.78 is 29.4. The molecule has 164 valence electrons. The number of fused-ring (bicyclic) bond motifs is 1. The highest BCUT2D eigenvalue weighted by molar-refractivity contribution is 7.89. The topological polar surface area (TPSA) is 81.1 Å². The van der Waals surface area contributed by atoms with Gasteiger partial charge in [0.15, 0.2) is 0 Å². The van der Waals surface area contributed by atoms with Gasteiger partial charge in [-0.05, 0) is 55.8 Å². The molecule has 6 nitrogen and oxygen atoms in total. The van der Waals surface area contributed by atoms with E-state index in [2.05, 4.69) is 9.71 Å². The second kappa shape index (κ2) is 8.86. The van der Waals surface area contributed by atoms with Gasteiger partial charge >= 0.3 is 0 Å². The van der Waals surface area contributed by atoms with E-state index < -0.39 is 10.0 Å². The van der Waals surface area contributed by atoms with Crippen molar-refractivity contribution in [3.05, 3.63) is 99.1 Å². The molecule has 0 saturated carbocycles. The van der Waals surface area contributed by atoms with E-state index in [1.807, 2.05) is 38.1 Å². The van der Waals surface area contributed by atoms with Crippen LogP contribution in [0.5, 0.6) is 0 Å². The van der Waals surface area contributed by atoms with Crippen LogP contribution in [0.3, 0.4) is 0 Å². The largest absolute Gasteiger partial charge is 0.268 e. The molecule has 1 N–H and O–H groups in total. The van der Waals surface area contributed by atoms with Crippen molar-refractivity contribution in [3.8, 4) is 5.69 Å². The summed E-state index contributed by atoms with van der Waals surface area (Å²) in [5, 5.41) is 0.850. The normalized spacial score (nSPS) is 11.7. The van der Waals surface area contributed by atoms with Crippen molar-refractivity contribution in [1.82, 2.24) is 14.3 Å². The first kappa shape index (κ1) is 22.2. The summed E-state index contributed by atoms with van der Waals surface area (Å²) in [6.07, 6.45) is 0.229. The van der Waals surface area contributed by atoms with Crippen molar-refractivity contribution >= 4 is 32.5 Å². The molecule has 8 heteroatoms. The highest BCUT2D eigenvalue weighted by Gasteiger charge is 2.17. The first-order valence-corrected chi connectivity index (χ1v) is 12.0. The van der Waals surface area contributed by atoms with Crippen LogP contribution in [0.25, 0.3) is 16.6 Å². The first-order chi connectivity index (χ1) is 15.3. The summed E-state index contributed by atoms with van der Waals surface area (Å²) in [5.41, 5.74) is 3.14. The predicted molar refractivity (Wildman–Crippen MR) is 127 cm³/mol. The quantitative estimate of drug-likeness (QED) is 0.461. The summed E-state index contributed by atoms with van der Waals surface area (Å²) >= 11 is 5.93. The van der Waals surface area contributed by atoms with Gasteiger partial charge in [0.1, 0.15) is 5.82 Å². The van der Waals surface area contributed by atoms with Gasteiger partial charge in [-0.1, -0.05) is 47.5 Å². The molecular formula is C24H22ClN3O3S. The van der Waals surface area contributed by atoms with Crippen molar-refractivity contribution in [2.75, 3.05) is 6.54 Å². The molecule has 0 unspecified atom stereocenters. The Kier molecular flexibility index (Phi) is 6.15. The van der Waals surface area contributed by atoms with E-state index in [0.717, 1.165) is 16.8 Å². The van der Waals surface area contributed by atoms with Gasteiger partial charge in [-0.2, -0.15) is 0 Å². The average molecular weight is 468 g/mol. The van der Waals surface area contributed by atoms with Crippen LogP contribution >= 0.6 is 11.6 Å². The van der Waals surface area contributed by atoms with Crippen LogP contribution < -0.4 is 10.3 Å². The maximum Gasteiger partial charge on any atom is 0.265 e. The Labute approximate surface area is 191 Å². The number of halogens is 1. The fourth-order valence-corrected chi connectivity index (χ4v) is 5.00. The van der Waals surface area contributed by atoms with E-state index in [-0.39, 0.29) is 23.4 Å². The van der Waals surface area contributed by atoms with Gasteiger partial charge < -0.3 is 0 Å². The molecule has 32 heavy (non-hydrogen) atoms. The number of aryl methyl sites for hydroxylation is 2. The van der Waals surface area contributed by atoms with E-state index in [9.17, 15) is 13.2 Å². The van der Waals surface area contributed by atoms with Crippen LogP contribution in [0.15, 0.2) is 76.4 Å². The second-order valence-electron chi connectivity index (χ2n) is 7.58. The minimum Gasteiger partial charge on any atom is -0.268 e. The zero-order chi connectivity index (χ0) is 22.9. The summed E-state index contributed by atoms with van der Waals surface area (Å²) in [6, 6.07) is 19.1. The Balaban J connectivity index is 1.72. The lowest BCUT2D eigenvalue weighted by molar-refractivity contribution is 0.580. The van der Waals surface area contributed by atoms with Gasteiger partial charge in [0.05, 0.1) is 21.5 Å². The molecule has 1 aromatic heterocycles. The molecule has 0 aliphatic carbocycles. The van der Waals surface area contributed by atoms with E-state index >= 15 is 0 Å². The van der Waals surface area contributed by atoms with Crippen molar-refractivity contribution in [2.24, 2.45) is 0 Å². The minimum absolute atomic E-state index is 0.0739. The lowest BCUT2D eigenvalue weighted by atomic mass is 10.1. The van der Waals surface area contributed by atoms with Crippen LogP contribution in [-0.4, -0.2) is 24.5 Å². The number of para-hydroxylation sites is 1. The van der Waals surface area contributed by atoms with E-state index in [1.54, 1.807) is 34.9 Å². The van der Waals surface area contributed by atoms with Crippen LogP contribution in [0.4, 0.5) is 0 Å². The molecule has 3 aromatic carbocycles. The van der Waals surface area contributed by atoms with E-state index in [0.29, 0.717) is 21.7 Å². The molecule has 0 amide bonds.